The van der Waals surface area contributed by atoms with Gasteiger partial charge in [0.2, 0.25) is 0 Å². The van der Waals surface area contributed by atoms with Gasteiger partial charge < -0.3 is 18.9 Å². The molecule has 26 heavy (non-hydrogen) atoms. The smallest absolute Gasteiger partial charge is 0.315 e. The highest BCUT2D eigenvalue weighted by molar-refractivity contribution is 5.91. The zero-order valence-electron chi connectivity index (χ0n) is 14.2. The zero-order chi connectivity index (χ0) is 18.0. The first-order valence-corrected chi connectivity index (χ1v) is 8.41. The number of ether oxygens (including phenoxy) is 4. The van der Waals surface area contributed by atoms with Crippen LogP contribution in [0.3, 0.4) is 0 Å². The maximum Gasteiger partial charge on any atom is 0.315 e. The quantitative estimate of drug-likeness (QED) is 0.611. The van der Waals surface area contributed by atoms with E-state index in [1.807, 2.05) is 24.3 Å². The molecule has 0 radical (unpaired) electrons. The summed E-state index contributed by atoms with van der Waals surface area (Å²) in [6.07, 6.45) is 0. The molecule has 6 heteroatoms. The first-order chi connectivity index (χ1) is 12.6. The summed E-state index contributed by atoms with van der Waals surface area (Å²) in [5.41, 5.74) is 1.70. The molecule has 0 saturated heterocycles. The van der Waals surface area contributed by atoms with Crippen LogP contribution >= 0.6 is 0 Å². The lowest BCUT2D eigenvalue weighted by Crippen LogP contribution is -2.56. The normalized spacial score (nSPS) is 27.6. The van der Waals surface area contributed by atoms with Gasteiger partial charge in [0.25, 0.3) is 0 Å². The van der Waals surface area contributed by atoms with Crippen molar-refractivity contribution >= 4 is 11.9 Å². The first kappa shape index (κ1) is 15.3. The SMILES string of the molecule is COc1ccc2c(c1)OC(=O)C1C2C2C(=O)Oc3cc(OC)ccc3C12. The van der Waals surface area contributed by atoms with Gasteiger partial charge in [-0.1, -0.05) is 12.1 Å². The second-order valence-corrected chi connectivity index (χ2v) is 6.75. The standard InChI is InChI=1S/C20H16O6/c1-23-9-3-5-11-13(7-9)25-19(21)17-15(11)18-16(17)12-6-4-10(24-2)8-14(12)26-20(18)22/h3-8,15-18H,1-2H3. The second-order valence-electron chi connectivity index (χ2n) is 6.75. The topological polar surface area (TPSA) is 71.1 Å². The Labute approximate surface area is 149 Å². The molecule has 0 bridgehead atoms. The molecule has 0 spiro atoms. The van der Waals surface area contributed by atoms with Gasteiger partial charge in [0.15, 0.2) is 0 Å². The Bertz CT molecular complexity index is 864. The number of benzene rings is 2. The van der Waals surface area contributed by atoms with Crippen LogP contribution in [0.25, 0.3) is 0 Å². The number of methoxy groups -OCH3 is 2. The Hall–Kier alpha value is -3.02. The highest BCUT2D eigenvalue weighted by Crippen LogP contribution is 2.64. The minimum Gasteiger partial charge on any atom is -0.497 e. The van der Waals surface area contributed by atoms with E-state index in [1.165, 1.54) is 0 Å². The van der Waals surface area contributed by atoms with Crippen LogP contribution in [0.1, 0.15) is 23.0 Å². The molecule has 2 aromatic rings. The molecule has 0 amide bonds. The molecule has 132 valence electrons. The molecule has 0 unspecified atom stereocenters. The lowest BCUT2D eigenvalue weighted by atomic mass is 9.51. The van der Waals surface area contributed by atoms with E-state index < -0.39 is 0 Å². The Kier molecular flexibility index (Phi) is 3.07. The van der Waals surface area contributed by atoms with E-state index in [0.29, 0.717) is 23.0 Å². The van der Waals surface area contributed by atoms with Gasteiger partial charge in [0.05, 0.1) is 26.1 Å². The number of fused-ring (bicyclic) bond motifs is 8. The Morgan fingerprint density at radius 2 is 1.12 bits per heavy atom. The Morgan fingerprint density at radius 3 is 1.50 bits per heavy atom. The van der Waals surface area contributed by atoms with Crippen LogP contribution in [0.15, 0.2) is 36.4 Å². The summed E-state index contributed by atoms with van der Waals surface area (Å²) in [6.45, 7) is 0. The molecule has 2 aromatic carbocycles. The lowest BCUT2D eigenvalue weighted by molar-refractivity contribution is -0.161. The van der Waals surface area contributed by atoms with Gasteiger partial charge in [0, 0.05) is 35.1 Å². The molecule has 0 aromatic heterocycles. The molecule has 2 aliphatic heterocycles. The Balaban J connectivity index is 1.60. The maximum atomic E-state index is 12.7. The fraction of sp³-hybridized carbons (Fsp3) is 0.300. The maximum absolute atomic E-state index is 12.7. The monoisotopic (exact) mass is 352 g/mol. The highest BCUT2D eigenvalue weighted by atomic mass is 16.5. The minimum atomic E-state index is -0.388. The van der Waals surface area contributed by atoms with Gasteiger partial charge in [-0.25, -0.2) is 0 Å². The average Bonchev–Trinajstić information content (AvgIpc) is 2.62. The van der Waals surface area contributed by atoms with Gasteiger partial charge in [-0.3, -0.25) is 9.59 Å². The van der Waals surface area contributed by atoms with Gasteiger partial charge in [-0.2, -0.15) is 0 Å². The predicted molar refractivity (Wildman–Crippen MR) is 89.7 cm³/mol. The average molecular weight is 352 g/mol. The van der Waals surface area contributed by atoms with Crippen molar-refractivity contribution in [2.24, 2.45) is 11.8 Å². The fourth-order valence-corrected chi connectivity index (χ4v) is 4.47. The summed E-state index contributed by atoms with van der Waals surface area (Å²) in [5.74, 6) is 0.271. The molecule has 1 saturated carbocycles. The summed E-state index contributed by atoms with van der Waals surface area (Å²) in [4.78, 5) is 25.3. The lowest BCUT2D eigenvalue weighted by Gasteiger charge is -2.53. The van der Waals surface area contributed by atoms with Crippen molar-refractivity contribution in [3.8, 4) is 23.0 Å². The molecule has 1 fully saturated rings. The van der Waals surface area contributed by atoms with Crippen molar-refractivity contribution in [1.29, 1.82) is 0 Å². The molecule has 2 heterocycles. The van der Waals surface area contributed by atoms with Gasteiger partial charge in [-0.05, 0) is 12.1 Å². The molecule has 0 N–H and O–H groups in total. The number of carbonyl (C=O) groups excluding carboxylic acids is 2. The van der Waals surface area contributed by atoms with E-state index in [2.05, 4.69) is 0 Å². The van der Waals surface area contributed by atoms with Gasteiger partial charge in [-0.15, -0.1) is 0 Å². The van der Waals surface area contributed by atoms with Crippen LogP contribution in [0.5, 0.6) is 23.0 Å². The van der Waals surface area contributed by atoms with Crippen LogP contribution in [-0.4, -0.2) is 26.2 Å². The molecule has 0 atom stereocenters. The van der Waals surface area contributed by atoms with E-state index in [0.717, 1.165) is 11.1 Å². The summed E-state index contributed by atoms with van der Waals surface area (Å²) in [5, 5.41) is 0. The third-order valence-electron chi connectivity index (χ3n) is 5.67. The summed E-state index contributed by atoms with van der Waals surface area (Å²) in [7, 11) is 3.11. The minimum absolute atomic E-state index is 0.232. The zero-order valence-corrected chi connectivity index (χ0v) is 14.2. The number of esters is 2. The second kappa shape index (κ2) is 5.24. The summed E-state index contributed by atoms with van der Waals surface area (Å²) in [6, 6.07) is 10.7. The molecule has 6 nitrogen and oxygen atoms in total. The summed E-state index contributed by atoms with van der Waals surface area (Å²) < 4.78 is 21.5. The largest absolute Gasteiger partial charge is 0.497 e. The van der Waals surface area contributed by atoms with E-state index >= 15 is 0 Å². The molecular formula is C20H16O6. The van der Waals surface area contributed by atoms with Gasteiger partial charge >= 0.3 is 11.9 Å². The van der Waals surface area contributed by atoms with Crippen molar-refractivity contribution in [2.75, 3.05) is 14.2 Å². The van der Waals surface area contributed by atoms with Crippen LogP contribution in [-0.2, 0) is 9.59 Å². The van der Waals surface area contributed by atoms with Crippen LogP contribution in [0.4, 0.5) is 0 Å². The van der Waals surface area contributed by atoms with Gasteiger partial charge in [0.1, 0.15) is 23.0 Å². The fourth-order valence-electron chi connectivity index (χ4n) is 4.47. The van der Waals surface area contributed by atoms with Crippen LogP contribution in [0.2, 0.25) is 0 Å². The third-order valence-corrected chi connectivity index (χ3v) is 5.67. The van der Waals surface area contributed by atoms with Crippen LogP contribution in [0, 0.1) is 11.8 Å². The van der Waals surface area contributed by atoms with Crippen molar-refractivity contribution in [2.45, 2.75) is 11.8 Å². The molecule has 5 rings (SSSR count). The van der Waals surface area contributed by atoms with Crippen molar-refractivity contribution in [3.63, 3.8) is 0 Å². The van der Waals surface area contributed by atoms with E-state index in [-0.39, 0.29) is 35.6 Å². The Morgan fingerprint density at radius 1 is 0.692 bits per heavy atom. The van der Waals surface area contributed by atoms with Crippen molar-refractivity contribution in [1.82, 2.24) is 0 Å². The predicted octanol–water partition coefficient (Wildman–Crippen LogP) is 2.66. The van der Waals surface area contributed by atoms with E-state index in [1.54, 1.807) is 26.4 Å². The number of carbonyl (C=O) groups is 2. The van der Waals surface area contributed by atoms with E-state index in [9.17, 15) is 9.59 Å². The molecule has 3 aliphatic rings. The number of rotatable bonds is 2. The third kappa shape index (κ3) is 1.87. The van der Waals surface area contributed by atoms with Crippen molar-refractivity contribution < 1.29 is 28.5 Å². The highest BCUT2D eigenvalue weighted by Gasteiger charge is 2.64. The first-order valence-electron chi connectivity index (χ1n) is 8.41. The molecular weight excluding hydrogens is 336 g/mol. The number of hydrogen-bond donors (Lipinski definition) is 0. The molecule has 1 aliphatic carbocycles. The van der Waals surface area contributed by atoms with Crippen LogP contribution < -0.4 is 18.9 Å². The number of hydrogen-bond acceptors (Lipinski definition) is 6. The summed E-state index contributed by atoms with van der Waals surface area (Å²) >= 11 is 0. The van der Waals surface area contributed by atoms with Crippen molar-refractivity contribution in [3.05, 3.63) is 47.5 Å². The van der Waals surface area contributed by atoms with E-state index in [4.69, 9.17) is 18.9 Å².